The lowest BCUT2D eigenvalue weighted by molar-refractivity contribution is 0.0697. The van der Waals surface area contributed by atoms with Gasteiger partial charge in [0.2, 0.25) is 0 Å². The third kappa shape index (κ3) is 3.98. The Bertz CT molecular complexity index is 1170. The lowest BCUT2D eigenvalue weighted by Gasteiger charge is -2.10. The Kier molecular flexibility index (Phi) is 5.27. The maximum atomic E-state index is 11.1. The van der Waals surface area contributed by atoms with Crippen LogP contribution >= 0.6 is 11.3 Å². The van der Waals surface area contributed by atoms with E-state index in [0.29, 0.717) is 5.82 Å². The van der Waals surface area contributed by atoms with Crippen molar-refractivity contribution in [1.29, 1.82) is 0 Å². The van der Waals surface area contributed by atoms with Gasteiger partial charge in [0.15, 0.2) is 5.82 Å². The predicted molar refractivity (Wildman–Crippen MR) is 118 cm³/mol. The highest BCUT2D eigenvalue weighted by Crippen LogP contribution is 2.35. The first-order valence-electron chi connectivity index (χ1n) is 9.42. The number of aromatic nitrogens is 2. The summed E-state index contributed by atoms with van der Waals surface area (Å²) in [5, 5.41) is 13.7. The number of carboxylic acid groups (broad SMARTS) is 1. The monoisotopic (exact) mass is 403 g/mol. The second-order valence-corrected chi connectivity index (χ2v) is 8.11. The summed E-state index contributed by atoms with van der Waals surface area (Å²) in [5.74, 6) is 0.476. The number of fused-ring (bicyclic) bond motifs is 1. The van der Waals surface area contributed by atoms with Crippen molar-refractivity contribution in [3.63, 3.8) is 0 Å². The predicted octanol–water partition coefficient (Wildman–Crippen LogP) is 5.33. The molecule has 29 heavy (non-hydrogen) atoms. The molecule has 0 saturated heterocycles. The Hall–Kier alpha value is -3.25. The van der Waals surface area contributed by atoms with Gasteiger partial charge in [-0.15, -0.1) is 11.3 Å². The molecular weight excluding hydrogens is 382 g/mol. The molecule has 2 heterocycles. The molecule has 2 aromatic carbocycles. The molecule has 0 saturated carbocycles. The van der Waals surface area contributed by atoms with Crippen molar-refractivity contribution >= 4 is 33.3 Å². The fourth-order valence-electron chi connectivity index (χ4n) is 3.24. The summed E-state index contributed by atoms with van der Waals surface area (Å²) in [6.45, 7) is 4.96. The minimum Gasteiger partial charge on any atom is -0.478 e. The Balaban J connectivity index is 1.68. The number of nitrogens with zero attached hydrogens (tertiary/aromatic N) is 2. The second kappa shape index (κ2) is 8.01. The molecule has 2 aromatic heterocycles. The third-order valence-electron chi connectivity index (χ3n) is 4.97. The van der Waals surface area contributed by atoms with Gasteiger partial charge in [0, 0.05) is 17.0 Å². The molecular formula is C23H21N3O2S. The van der Waals surface area contributed by atoms with Gasteiger partial charge in [0.05, 0.1) is 10.9 Å². The van der Waals surface area contributed by atoms with E-state index in [9.17, 15) is 4.79 Å². The van der Waals surface area contributed by atoms with Crippen molar-refractivity contribution in [3.8, 4) is 11.4 Å². The van der Waals surface area contributed by atoms with Gasteiger partial charge in [0.25, 0.3) is 0 Å². The summed E-state index contributed by atoms with van der Waals surface area (Å²) >= 11 is 1.65. The van der Waals surface area contributed by atoms with Crippen LogP contribution in [0.25, 0.3) is 21.6 Å². The molecule has 0 aliphatic heterocycles. The summed E-state index contributed by atoms with van der Waals surface area (Å²) in [4.78, 5) is 22.8. The van der Waals surface area contributed by atoms with Crippen molar-refractivity contribution in [2.45, 2.75) is 20.3 Å². The quantitative estimate of drug-likeness (QED) is 0.455. The van der Waals surface area contributed by atoms with E-state index in [1.165, 1.54) is 16.0 Å². The molecule has 2 N–H and O–H groups in total. The fourth-order valence-corrected chi connectivity index (χ4v) is 4.27. The summed E-state index contributed by atoms with van der Waals surface area (Å²) in [6, 6.07) is 17.0. The van der Waals surface area contributed by atoms with Crippen LogP contribution in [0.3, 0.4) is 0 Å². The largest absolute Gasteiger partial charge is 0.478 e. The Morgan fingerprint density at radius 1 is 1.03 bits per heavy atom. The van der Waals surface area contributed by atoms with Crippen LogP contribution < -0.4 is 5.32 Å². The van der Waals surface area contributed by atoms with Crippen LogP contribution in [0.4, 0.5) is 5.82 Å². The van der Waals surface area contributed by atoms with Crippen LogP contribution in [0.5, 0.6) is 0 Å². The molecule has 0 radical (unpaired) electrons. The van der Waals surface area contributed by atoms with Crippen molar-refractivity contribution in [1.82, 2.24) is 9.97 Å². The topological polar surface area (TPSA) is 75.1 Å². The van der Waals surface area contributed by atoms with E-state index in [1.807, 2.05) is 18.2 Å². The number of anilines is 1. The van der Waals surface area contributed by atoms with E-state index in [1.54, 1.807) is 35.6 Å². The number of hydrogen-bond donors (Lipinski definition) is 2. The number of hydrogen-bond acceptors (Lipinski definition) is 5. The fraction of sp³-hybridized carbons (Fsp3) is 0.174. The van der Waals surface area contributed by atoms with Gasteiger partial charge >= 0.3 is 5.97 Å². The number of aromatic carboxylic acids is 1. The van der Waals surface area contributed by atoms with Crippen molar-refractivity contribution in [3.05, 3.63) is 76.2 Å². The number of carbonyl (C=O) groups is 1. The highest BCUT2D eigenvalue weighted by atomic mass is 32.1. The van der Waals surface area contributed by atoms with E-state index in [4.69, 9.17) is 15.1 Å². The number of benzene rings is 2. The molecule has 5 nitrogen and oxygen atoms in total. The van der Waals surface area contributed by atoms with E-state index >= 15 is 0 Å². The molecule has 0 spiro atoms. The highest BCUT2D eigenvalue weighted by Gasteiger charge is 2.15. The van der Waals surface area contributed by atoms with Crippen LogP contribution in [-0.4, -0.2) is 27.6 Å². The van der Waals surface area contributed by atoms with E-state index < -0.39 is 5.97 Å². The van der Waals surface area contributed by atoms with Crippen LogP contribution in [0.2, 0.25) is 0 Å². The zero-order valence-electron chi connectivity index (χ0n) is 16.3. The Morgan fingerprint density at radius 3 is 2.45 bits per heavy atom. The van der Waals surface area contributed by atoms with Crippen LogP contribution in [0, 0.1) is 13.8 Å². The maximum Gasteiger partial charge on any atom is 0.335 e. The molecule has 0 amide bonds. The lowest BCUT2D eigenvalue weighted by Crippen LogP contribution is -2.08. The molecule has 0 atom stereocenters. The third-order valence-corrected chi connectivity index (χ3v) is 6.07. The Morgan fingerprint density at radius 2 is 1.76 bits per heavy atom. The van der Waals surface area contributed by atoms with Gasteiger partial charge in [0.1, 0.15) is 10.6 Å². The summed E-state index contributed by atoms with van der Waals surface area (Å²) in [6.07, 6.45) is 0.900. The first-order chi connectivity index (χ1) is 14.0. The standard InChI is InChI=1S/C23H21N3O2S/c1-14-15(2)29-22-19(14)21(24-13-12-16-6-4-3-5-7-16)25-20(26-22)17-8-10-18(11-9-17)23(27)28/h3-11H,12-13H2,1-2H3,(H,27,28)(H,24,25,26). The first-order valence-corrected chi connectivity index (χ1v) is 10.2. The van der Waals surface area contributed by atoms with Crippen molar-refractivity contribution in [2.75, 3.05) is 11.9 Å². The normalized spacial score (nSPS) is 11.0. The van der Waals surface area contributed by atoms with Crippen LogP contribution in [0.15, 0.2) is 54.6 Å². The van der Waals surface area contributed by atoms with Gasteiger partial charge in [-0.3, -0.25) is 0 Å². The van der Waals surface area contributed by atoms with E-state index in [0.717, 1.165) is 34.6 Å². The number of aryl methyl sites for hydroxylation is 2. The highest BCUT2D eigenvalue weighted by molar-refractivity contribution is 7.18. The Labute approximate surface area is 173 Å². The van der Waals surface area contributed by atoms with Gasteiger partial charge in [-0.05, 0) is 43.5 Å². The number of thiophene rings is 1. The van der Waals surface area contributed by atoms with Crippen molar-refractivity contribution < 1.29 is 9.90 Å². The maximum absolute atomic E-state index is 11.1. The van der Waals surface area contributed by atoms with Gasteiger partial charge < -0.3 is 10.4 Å². The van der Waals surface area contributed by atoms with Gasteiger partial charge in [-0.25, -0.2) is 14.8 Å². The molecule has 0 fully saturated rings. The summed E-state index contributed by atoms with van der Waals surface area (Å²) < 4.78 is 0. The molecule has 146 valence electrons. The molecule has 4 aromatic rings. The lowest BCUT2D eigenvalue weighted by atomic mass is 10.1. The SMILES string of the molecule is Cc1sc2nc(-c3ccc(C(=O)O)cc3)nc(NCCc3ccccc3)c2c1C. The van der Waals surface area contributed by atoms with Gasteiger partial charge in [-0.2, -0.15) is 0 Å². The molecule has 0 aliphatic rings. The van der Waals surface area contributed by atoms with Crippen LogP contribution in [-0.2, 0) is 6.42 Å². The zero-order valence-corrected chi connectivity index (χ0v) is 17.1. The van der Waals surface area contributed by atoms with Gasteiger partial charge in [-0.1, -0.05) is 42.5 Å². The van der Waals surface area contributed by atoms with E-state index in [-0.39, 0.29) is 5.56 Å². The molecule has 0 bridgehead atoms. The summed E-state index contributed by atoms with van der Waals surface area (Å²) in [5.41, 5.74) is 3.51. The molecule has 0 unspecified atom stereocenters. The smallest absolute Gasteiger partial charge is 0.335 e. The molecule has 0 aliphatic carbocycles. The van der Waals surface area contributed by atoms with Crippen molar-refractivity contribution in [2.24, 2.45) is 0 Å². The number of carboxylic acids is 1. The summed E-state index contributed by atoms with van der Waals surface area (Å²) in [7, 11) is 0. The number of nitrogens with one attached hydrogen (secondary N) is 1. The first kappa shape index (κ1) is 19.1. The average molecular weight is 404 g/mol. The molecule has 4 rings (SSSR count). The zero-order chi connectivity index (χ0) is 20.4. The van der Waals surface area contributed by atoms with E-state index in [2.05, 4.69) is 31.3 Å². The number of rotatable bonds is 6. The van der Waals surface area contributed by atoms with Crippen LogP contribution in [0.1, 0.15) is 26.4 Å². The minimum atomic E-state index is -0.944. The average Bonchev–Trinajstić information content (AvgIpc) is 3.02. The second-order valence-electron chi connectivity index (χ2n) is 6.90. The molecule has 6 heteroatoms. The minimum absolute atomic E-state index is 0.249.